The molecule has 0 radical (unpaired) electrons. The Hall–Kier alpha value is -1.98. The van der Waals surface area contributed by atoms with Gasteiger partial charge in [0.15, 0.2) is 0 Å². The van der Waals surface area contributed by atoms with E-state index in [0.717, 1.165) is 5.76 Å². The zero-order valence-electron chi connectivity index (χ0n) is 11.0. The smallest absolute Gasteiger partial charge is 0.328 e. The highest BCUT2D eigenvalue weighted by molar-refractivity contribution is 5.85. The molecule has 18 heavy (non-hydrogen) atoms. The van der Waals surface area contributed by atoms with E-state index in [0.29, 0.717) is 5.76 Å². The van der Waals surface area contributed by atoms with Crippen LogP contribution in [-0.4, -0.2) is 34.6 Å². The summed E-state index contributed by atoms with van der Waals surface area (Å²) in [6.45, 7) is 4.96. The molecule has 1 rings (SSSR count). The third kappa shape index (κ3) is 3.51. The number of hydrogen-bond donors (Lipinski definition) is 2. The predicted octanol–water partition coefficient (Wildman–Crippen LogP) is 1.59. The van der Waals surface area contributed by atoms with Crippen LogP contribution in [0.25, 0.3) is 0 Å². The Morgan fingerprint density at radius 1 is 1.44 bits per heavy atom. The van der Waals surface area contributed by atoms with Crippen LogP contribution < -0.4 is 5.32 Å². The zero-order valence-corrected chi connectivity index (χ0v) is 11.0. The SMILES string of the molecule is Cc1ccc(CN(C)C(=O)NC(C)(C)C(=O)O)o1. The summed E-state index contributed by atoms with van der Waals surface area (Å²) < 4.78 is 5.34. The highest BCUT2D eigenvalue weighted by Gasteiger charge is 2.30. The number of carbonyl (C=O) groups is 2. The van der Waals surface area contributed by atoms with Gasteiger partial charge in [-0.1, -0.05) is 0 Å². The lowest BCUT2D eigenvalue weighted by Crippen LogP contribution is -2.53. The van der Waals surface area contributed by atoms with Gasteiger partial charge in [0.05, 0.1) is 6.54 Å². The van der Waals surface area contributed by atoms with E-state index < -0.39 is 17.5 Å². The van der Waals surface area contributed by atoms with Gasteiger partial charge in [0.1, 0.15) is 17.1 Å². The monoisotopic (exact) mass is 254 g/mol. The fourth-order valence-electron chi connectivity index (χ4n) is 1.29. The number of carbonyl (C=O) groups excluding carboxylic acids is 1. The van der Waals surface area contributed by atoms with Crippen LogP contribution in [0.1, 0.15) is 25.4 Å². The minimum Gasteiger partial charge on any atom is -0.480 e. The van der Waals surface area contributed by atoms with Crippen LogP contribution in [0.4, 0.5) is 4.79 Å². The van der Waals surface area contributed by atoms with Gasteiger partial charge < -0.3 is 19.7 Å². The first kappa shape index (κ1) is 14.1. The van der Waals surface area contributed by atoms with Crippen molar-refractivity contribution in [1.29, 1.82) is 0 Å². The van der Waals surface area contributed by atoms with Crippen molar-refractivity contribution in [3.8, 4) is 0 Å². The maximum atomic E-state index is 11.8. The van der Waals surface area contributed by atoms with Gasteiger partial charge in [-0.2, -0.15) is 0 Å². The maximum absolute atomic E-state index is 11.8. The van der Waals surface area contributed by atoms with Gasteiger partial charge in [-0.05, 0) is 32.9 Å². The fraction of sp³-hybridized carbons (Fsp3) is 0.500. The molecule has 0 bridgehead atoms. The first-order valence-electron chi connectivity index (χ1n) is 5.54. The molecule has 0 saturated heterocycles. The first-order valence-corrected chi connectivity index (χ1v) is 5.54. The van der Waals surface area contributed by atoms with E-state index in [2.05, 4.69) is 5.32 Å². The fourth-order valence-corrected chi connectivity index (χ4v) is 1.29. The van der Waals surface area contributed by atoms with Crippen molar-refractivity contribution in [2.45, 2.75) is 32.9 Å². The van der Waals surface area contributed by atoms with Crippen molar-refractivity contribution in [3.63, 3.8) is 0 Å². The maximum Gasteiger partial charge on any atom is 0.328 e. The van der Waals surface area contributed by atoms with Gasteiger partial charge in [-0.3, -0.25) is 0 Å². The molecule has 2 N–H and O–H groups in total. The summed E-state index contributed by atoms with van der Waals surface area (Å²) in [6.07, 6.45) is 0. The molecule has 6 nitrogen and oxygen atoms in total. The number of urea groups is 1. The molecule has 1 aromatic heterocycles. The molecular formula is C12H18N2O4. The number of nitrogens with zero attached hydrogens (tertiary/aromatic N) is 1. The van der Waals surface area contributed by atoms with Crippen molar-refractivity contribution in [3.05, 3.63) is 23.7 Å². The van der Waals surface area contributed by atoms with E-state index in [1.54, 1.807) is 13.1 Å². The van der Waals surface area contributed by atoms with Crippen molar-refractivity contribution >= 4 is 12.0 Å². The number of aryl methyl sites for hydroxylation is 1. The summed E-state index contributed by atoms with van der Waals surface area (Å²) in [5.41, 5.74) is -1.30. The summed E-state index contributed by atoms with van der Waals surface area (Å²) in [4.78, 5) is 24.0. The van der Waals surface area contributed by atoms with E-state index in [1.807, 2.05) is 13.0 Å². The van der Waals surface area contributed by atoms with E-state index in [1.165, 1.54) is 18.7 Å². The van der Waals surface area contributed by atoms with Crippen LogP contribution in [-0.2, 0) is 11.3 Å². The lowest BCUT2D eigenvalue weighted by atomic mass is 10.1. The molecule has 1 aromatic rings. The number of nitrogens with one attached hydrogen (secondary N) is 1. The molecule has 1 heterocycles. The molecule has 0 aliphatic rings. The van der Waals surface area contributed by atoms with Gasteiger partial charge in [0, 0.05) is 7.05 Å². The molecule has 0 saturated carbocycles. The Balaban J connectivity index is 2.59. The summed E-state index contributed by atoms with van der Waals surface area (Å²) in [6, 6.07) is 3.13. The summed E-state index contributed by atoms with van der Waals surface area (Å²) in [7, 11) is 1.57. The minimum atomic E-state index is -1.30. The molecule has 100 valence electrons. The number of amides is 2. The summed E-state index contributed by atoms with van der Waals surface area (Å²) in [5, 5.41) is 11.3. The van der Waals surface area contributed by atoms with Crippen molar-refractivity contribution < 1.29 is 19.1 Å². The Kier molecular flexibility index (Phi) is 4.00. The first-order chi connectivity index (χ1) is 8.22. The predicted molar refractivity (Wildman–Crippen MR) is 65.2 cm³/mol. The van der Waals surface area contributed by atoms with E-state index >= 15 is 0 Å². The molecule has 0 aromatic carbocycles. The number of aliphatic carboxylic acids is 1. The lowest BCUT2D eigenvalue weighted by Gasteiger charge is -2.25. The molecular weight excluding hydrogens is 236 g/mol. The minimum absolute atomic E-state index is 0.287. The van der Waals surface area contributed by atoms with Gasteiger partial charge in [-0.15, -0.1) is 0 Å². The largest absolute Gasteiger partial charge is 0.480 e. The molecule has 2 amide bonds. The number of hydrogen-bond acceptors (Lipinski definition) is 3. The second-order valence-electron chi connectivity index (χ2n) is 4.73. The van der Waals surface area contributed by atoms with E-state index in [4.69, 9.17) is 9.52 Å². The second-order valence-corrected chi connectivity index (χ2v) is 4.73. The van der Waals surface area contributed by atoms with Gasteiger partial charge >= 0.3 is 12.0 Å². The van der Waals surface area contributed by atoms with Crippen molar-refractivity contribution in [1.82, 2.24) is 10.2 Å². The molecule has 0 atom stereocenters. The Morgan fingerprint density at radius 3 is 2.50 bits per heavy atom. The van der Waals surface area contributed by atoms with Crippen LogP contribution in [0.2, 0.25) is 0 Å². The third-order valence-corrected chi connectivity index (χ3v) is 2.49. The number of rotatable bonds is 4. The van der Waals surface area contributed by atoms with E-state index in [-0.39, 0.29) is 6.54 Å². The summed E-state index contributed by atoms with van der Waals surface area (Å²) >= 11 is 0. The van der Waals surface area contributed by atoms with Crippen LogP contribution in [0.3, 0.4) is 0 Å². The topological polar surface area (TPSA) is 82.8 Å². The van der Waals surface area contributed by atoms with Crippen molar-refractivity contribution in [2.75, 3.05) is 7.05 Å². The lowest BCUT2D eigenvalue weighted by molar-refractivity contribution is -0.143. The Morgan fingerprint density at radius 2 is 2.06 bits per heavy atom. The van der Waals surface area contributed by atoms with Crippen LogP contribution >= 0.6 is 0 Å². The molecule has 6 heteroatoms. The van der Waals surface area contributed by atoms with Gasteiger partial charge in [-0.25, -0.2) is 9.59 Å². The number of carboxylic acids is 1. The average Bonchev–Trinajstić information content (AvgIpc) is 2.63. The van der Waals surface area contributed by atoms with Gasteiger partial charge in [0.25, 0.3) is 0 Å². The van der Waals surface area contributed by atoms with Crippen LogP contribution in [0, 0.1) is 6.92 Å². The molecule has 0 fully saturated rings. The summed E-state index contributed by atoms with van der Waals surface area (Å²) in [5.74, 6) is 0.334. The van der Waals surface area contributed by atoms with Crippen LogP contribution in [0.15, 0.2) is 16.5 Å². The molecule has 0 aliphatic carbocycles. The highest BCUT2D eigenvalue weighted by atomic mass is 16.4. The van der Waals surface area contributed by atoms with Crippen molar-refractivity contribution in [2.24, 2.45) is 0 Å². The molecule has 0 unspecified atom stereocenters. The Labute approximate surface area is 106 Å². The Bertz CT molecular complexity index is 451. The number of carboxylic acid groups (broad SMARTS) is 1. The zero-order chi connectivity index (χ0) is 13.9. The normalized spacial score (nSPS) is 11.1. The van der Waals surface area contributed by atoms with Crippen LogP contribution in [0.5, 0.6) is 0 Å². The van der Waals surface area contributed by atoms with E-state index in [9.17, 15) is 9.59 Å². The third-order valence-electron chi connectivity index (χ3n) is 2.49. The molecule has 0 spiro atoms. The molecule has 0 aliphatic heterocycles. The quantitative estimate of drug-likeness (QED) is 0.854. The second kappa shape index (κ2) is 5.12. The van der Waals surface area contributed by atoms with Gasteiger partial charge in [0.2, 0.25) is 0 Å². The highest BCUT2D eigenvalue weighted by Crippen LogP contribution is 2.09. The number of furan rings is 1. The standard InChI is InChI=1S/C12H18N2O4/c1-8-5-6-9(18-8)7-14(4)11(17)13-12(2,3)10(15)16/h5-6H,7H2,1-4H3,(H,13,17)(H,15,16). The average molecular weight is 254 g/mol.